The van der Waals surface area contributed by atoms with Gasteiger partial charge in [0, 0.05) is 40.0 Å². The number of aryl methyl sites for hydroxylation is 1. The maximum Gasteiger partial charge on any atom is 0.133 e. The Morgan fingerprint density at radius 2 is 1.83 bits per heavy atom. The van der Waals surface area contributed by atoms with Crippen LogP contribution in [0.1, 0.15) is 82.4 Å². The van der Waals surface area contributed by atoms with Crippen LogP contribution < -0.4 is 0 Å². The molecule has 1 unspecified atom stereocenters. The molecule has 2 aromatic rings. The molecule has 3 nitrogen and oxygen atoms in total. The minimum atomic E-state index is 0.00330. The van der Waals surface area contributed by atoms with Crippen molar-refractivity contribution in [1.29, 1.82) is 0 Å². The Morgan fingerprint density at radius 1 is 1.09 bits per heavy atom. The second-order valence-electron chi connectivity index (χ2n) is 8.93. The molecule has 23 heavy (non-hydrogen) atoms. The summed E-state index contributed by atoms with van der Waals surface area (Å²) in [5.74, 6) is 1.46. The minimum Gasteiger partial charge on any atom is -0.362 e. The molecule has 0 fully saturated rings. The number of H-pyrrole nitrogens is 1. The predicted molar refractivity (Wildman–Crippen MR) is 95.0 cm³/mol. The van der Waals surface area contributed by atoms with E-state index in [0.29, 0.717) is 5.92 Å². The van der Waals surface area contributed by atoms with Crippen LogP contribution in [-0.4, -0.2) is 15.0 Å². The standard InChI is InChI=1S/C20H29N3/c1-19(2,3)17-12-14-11-13(7-8-15(14)22-17)16-9-10-21-18(23-16)20(4,5)6/h9-10,12-13,22H,7-8,11H2,1-6H3. The maximum atomic E-state index is 4.87. The molecule has 1 atom stereocenters. The van der Waals surface area contributed by atoms with Gasteiger partial charge in [0.25, 0.3) is 0 Å². The number of nitrogens with zero attached hydrogens (tertiary/aromatic N) is 2. The van der Waals surface area contributed by atoms with Gasteiger partial charge in [-0.15, -0.1) is 0 Å². The second-order valence-corrected chi connectivity index (χ2v) is 8.93. The molecule has 0 radical (unpaired) electrons. The highest BCUT2D eigenvalue weighted by Gasteiger charge is 2.27. The van der Waals surface area contributed by atoms with Gasteiger partial charge < -0.3 is 4.98 Å². The largest absolute Gasteiger partial charge is 0.362 e. The Morgan fingerprint density at radius 3 is 2.48 bits per heavy atom. The fourth-order valence-electron chi connectivity index (χ4n) is 3.25. The van der Waals surface area contributed by atoms with Crippen LogP contribution in [0.5, 0.6) is 0 Å². The van der Waals surface area contributed by atoms with E-state index in [0.717, 1.165) is 25.1 Å². The third-order valence-corrected chi connectivity index (χ3v) is 4.78. The lowest BCUT2D eigenvalue weighted by Crippen LogP contribution is -2.19. The highest BCUT2D eigenvalue weighted by molar-refractivity contribution is 5.34. The Kier molecular flexibility index (Phi) is 3.86. The van der Waals surface area contributed by atoms with Crippen molar-refractivity contribution in [2.24, 2.45) is 0 Å². The first kappa shape index (κ1) is 16.2. The van der Waals surface area contributed by atoms with Crippen molar-refractivity contribution < 1.29 is 0 Å². The van der Waals surface area contributed by atoms with Gasteiger partial charge in [-0.1, -0.05) is 41.5 Å². The molecule has 1 aliphatic carbocycles. The van der Waals surface area contributed by atoms with Crippen molar-refractivity contribution in [2.45, 2.75) is 77.6 Å². The van der Waals surface area contributed by atoms with E-state index in [1.807, 2.05) is 6.20 Å². The lowest BCUT2D eigenvalue weighted by molar-refractivity contribution is 0.519. The van der Waals surface area contributed by atoms with E-state index in [1.54, 1.807) is 0 Å². The normalized spacial score (nSPS) is 18.8. The summed E-state index contributed by atoms with van der Waals surface area (Å²) in [6.45, 7) is 13.3. The molecule has 0 aliphatic heterocycles. The van der Waals surface area contributed by atoms with Crippen molar-refractivity contribution in [2.75, 3.05) is 0 Å². The average Bonchev–Trinajstić information content (AvgIpc) is 2.89. The molecular formula is C20H29N3. The number of fused-ring (bicyclic) bond motifs is 1. The fourth-order valence-corrected chi connectivity index (χ4v) is 3.25. The Hall–Kier alpha value is -1.64. The topological polar surface area (TPSA) is 41.6 Å². The van der Waals surface area contributed by atoms with Crippen LogP contribution >= 0.6 is 0 Å². The van der Waals surface area contributed by atoms with Gasteiger partial charge in [-0.05, 0) is 37.0 Å². The quantitative estimate of drug-likeness (QED) is 0.831. The molecule has 0 aromatic carbocycles. The molecule has 3 heteroatoms. The smallest absolute Gasteiger partial charge is 0.133 e. The molecule has 0 spiro atoms. The third-order valence-electron chi connectivity index (χ3n) is 4.78. The van der Waals surface area contributed by atoms with Crippen LogP contribution in [0, 0.1) is 0 Å². The molecule has 2 heterocycles. The van der Waals surface area contributed by atoms with E-state index in [1.165, 1.54) is 22.6 Å². The van der Waals surface area contributed by atoms with E-state index < -0.39 is 0 Å². The zero-order valence-corrected chi connectivity index (χ0v) is 15.3. The summed E-state index contributed by atoms with van der Waals surface area (Å²) in [7, 11) is 0. The first-order valence-electron chi connectivity index (χ1n) is 8.69. The molecule has 1 aliphatic rings. The number of nitrogens with one attached hydrogen (secondary N) is 1. The SMILES string of the molecule is CC(C)(C)c1nccc(C2CCc3[nH]c(C(C)(C)C)cc3C2)n1. The highest BCUT2D eigenvalue weighted by atomic mass is 14.9. The van der Waals surface area contributed by atoms with Crippen LogP contribution in [0.2, 0.25) is 0 Å². The summed E-state index contributed by atoms with van der Waals surface area (Å²) >= 11 is 0. The van der Waals surface area contributed by atoms with Crippen molar-refractivity contribution in [1.82, 2.24) is 15.0 Å². The molecule has 3 rings (SSSR count). The minimum absolute atomic E-state index is 0.00330. The second kappa shape index (κ2) is 5.47. The van der Waals surface area contributed by atoms with Crippen LogP contribution in [-0.2, 0) is 23.7 Å². The van der Waals surface area contributed by atoms with E-state index in [9.17, 15) is 0 Å². The van der Waals surface area contributed by atoms with Crippen molar-refractivity contribution in [3.8, 4) is 0 Å². The van der Waals surface area contributed by atoms with Crippen LogP contribution in [0.25, 0.3) is 0 Å². The molecule has 124 valence electrons. The summed E-state index contributed by atoms with van der Waals surface area (Å²) < 4.78 is 0. The van der Waals surface area contributed by atoms with Crippen LogP contribution in [0.4, 0.5) is 0 Å². The lowest BCUT2D eigenvalue weighted by Gasteiger charge is -2.23. The zero-order valence-electron chi connectivity index (χ0n) is 15.3. The Balaban J connectivity index is 1.86. The van der Waals surface area contributed by atoms with Gasteiger partial charge in [0.1, 0.15) is 5.82 Å². The lowest BCUT2D eigenvalue weighted by atomic mass is 9.84. The number of aromatic nitrogens is 3. The number of hydrogen-bond donors (Lipinski definition) is 1. The summed E-state index contributed by atoms with van der Waals surface area (Å²) in [5, 5.41) is 0. The van der Waals surface area contributed by atoms with E-state index in [-0.39, 0.29) is 10.8 Å². The van der Waals surface area contributed by atoms with Crippen molar-refractivity contribution in [3.63, 3.8) is 0 Å². The van der Waals surface area contributed by atoms with Gasteiger partial charge in [-0.2, -0.15) is 0 Å². The van der Waals surface area contributed by atoms with Gasteiger partial charge in [0.2, 0.25) is 0 Å². The van der Waals surface area contributed by atoms with Gasteiger partial charge >= 0.3 is 0 Å². The van der Waals surface area contributed by atoms with Crippen molar-refractivity contribution in [3.05, 3.63) is 46.8 Å². The first-order valence-corrected chi connectivity index (χ1v) is 8.69. The summed E-state index contributed by atoms with van der Waals surface area (Å²) in [5.41, 5.74) is 5.64. The molecular weight excluding hydrogens is 282 g/mol. The van der Waals surface area contributed by atoms with Crippen LogP contribution in [0.15, 0.2) is 18.3 Å². The van der Waals surface area contributed by atoms with Gasteiger partial charge in [0.15, 0.2) is 0 Å². The van der Waals surface area contributed by atoms with E-state index in [4.69, 9.17) is 4.98 Å². The third kappa shape index (κ3) is 3.34. The Bertz CT molecular complexity index is 698. The zero-order chi connectivity index (χ0) is 16.8. The number of rotatable bonds is 1. The predicted octanol–water partition coefficient (Wildman–Crippen LogP) is 4.67. The van der Waals surface area contributed by atoms with E-state index >= 15 is 0 Å². The number of hydrogen-bond acceptors (Lipinski definition) is 2. The maximum absolute atomic E-state index is 4.87. The summed E-state index contributed by atoms with van der Waals surface area (Å²) in [4.78, 5) is 13.0. The average molecular weight is 311 g/mol. The summed E-state index contributed by atoms with van der Waals surface area (Å²) in [6, 6.07) is 4.47. The summed E-state index contributed by atoms with van der Waals surface area (Å²) in [6.07, 6.45) is 5.29. The molecule has 0 amide bonds. The van der Waals surface area contributed by atoms with Crippen molar-refractivity contribution >= 4 is 0 Å². The van der Waals surface area contributed by atoms with Gasteiger partial charge in [-0.3, -0.25) is 0 Å². The monoisotopic (exact) mass is 311 g/mol. The molecule has 2 aromatic heterocycles. The highest BCUT2D eigenvalue weighted by Crippen LogP contribution is 2.35. The molecule has 0 saturated heterocycles. The van der Waals surface area contributed by atoms with Gasteiger partial charge in [-0.25, -0.2) is 9.97 Å². The number of aromatic amines is 1. The molecule has 0 bridgehead atoms. The van der Waals surface area contributed by atoms with E-state index in [2.05, 4.69) is 63.6 Å². The molecule has 1 N–H and O–H groups in total. The Labute approximate surface area is 140 Å². The first-order chi connectivity index (χ1) is 10.6. The molecule has 0 saturated carbocycles. The van der Waals surface area contributed by atoms with Crippen LogP contribution in [0.3, 0.4) is 0 Å². The van der Waals surface area contributed by atoms with Gasteiger partial charge in [0.05, 0.1) is 0 Å². The fraction of sp³-hybridized carbons (Fsp3) is 0.600.